The van der Waals surface area contributed by atoms with E-state index in [-0.39, 0.29) is 11.9 Å². The number of carbonyl (C=O) groups excluding carboxylic acids is 2. The first-order valence-corrected chi connectivity index (χ1v) is 5.16. The molecule has 1 aromatic carbocycles. The molecule has 7 heteroatoms. The predicted molar refractivity (Wildman–Crippen MR) is 64.0 cm³/mol. The fourth-order valence-corrected chi connectivity index (χ4v) is 1.36. The number of hydrogen-bond donors (Lipinski definition) is 3. The summed E-state index contributed by atoms with van der Waals surface area (Å²) in [5.41, 5.74) is 5.84. The highest BCUT2D eigenvalue weighted by molar-refractivity contribution is 6.04. The third-order valence-electron chi connectivity index (χ3n) is 2.25. The summed E-state index contributed by atoms with van der Waals surface area (Å²) in [5.74, 6) is -0.0811. The van der Waals surface area contributed by atoms with Gasteiger partial charge in [0.1, 0.15) is 5.82 Å². The highest BCUT2D eigenvalue weighted by atomic mass is 16.2. The van der Waals surface area contributed by atoms with Crippen LogP contribution in [0, 0.1) is 6.92 Å². The fraction of sp³-hybridized carbons (Fsp3) is 0.0909. The van der Waals surface area contributed by atoms with Crippen LogP contribution in [0.25, 0.3) is 0 Å². The second kappa shape index (κ2) is 4.66. The molecule has 18 heavy (non-hydrogen) atoms. The molecular weight excluding hydrogens is 234 g/mol. The number of primary amides is 1. The average Bonchev–Trinajstić information content (AvgIpc) is 2.75. The molecular formula is C11H11N5O2. The number of aromatic amines is 1. The third kappa shape index (κ3) is 2.51. The zero-order valence-corrected chi connectivity index (χ0v) is 9.60. The molecule has 2 amide bonds. The van der Waals surface area contributed by atoms with Gasteiger partial charge in [-0.05, 0) is 31.2 Å². The van der Waals surface area contributed by atoms with Crippen LogP contribution in [-0.2, 0) is 0 Å². The normalized spacial score (nSPS) is 10.1. The number of aryl methyl sites for hydroxylation is 1. The molecule has 2 rings (SSSR count). The molecule has 0 radical (unpaired) electrons. The van der Waals surface area contributed by atoms with E-state index < -0.39 is 5.91 Å². The number of nitrogens with zero attached hydrogens (tertiary/aromatic N) is 2. The van der Waals surface area contributed by atoms with Gasteiger partial charge in [0.2, 0.25) is 11.9 Å². The Balaban J connectivity index is 2.11. The smallest absolute Gasteiger partial charge is 0.258 e. The summed E-state index contributed by atoms with van der Waals surface area (Å²) in [6.07, 6.45) is 0. The summed E-state index contributed by atoms with van der Waals surface area (Å²) < 4.78 is 0. The lowest BCUT2D eigenvalue weighted by Crippen LogP contribution is -2.14. The SMILES string of the molecule is Cc1nc(NC(=O)c2ccc(C(N)=O)cc2)n[nH]1. The maximum Gasteiger partial charge on any atom is 0.258 e. The van der Waals surface area contributed by atoms with Gasteiger partial charge in [-0.15, -0.1) is 5.10 Å². The van der Waals surface area contributed by atoms with E-state index in [0.29, 0.717) is 17.0 Å². The summed E-state index contributed by atoms with van der Waals surface area (Å²) in [4.78, 5) is 26.6. The molecule has 0 fully saturated rings. The van der Waals surface area contributed by atoms with Crippen molar-refractivity contribution in [3.05, 3.63) is 41.2 Å². The van der Waals surface area contributed by atoms with E-state index >= 15 is 0 Å². The molecule has 92 valence electrons. The van der Waals surface area contributed by atoms with Gasteiger partial charge in [-0.2, -0.15) is 4.98 Å². The molecule has 0 aliphatic rings. The number of H-pyrrole nitrogens is 1. The van der Waals surface area contributed by atoms with E-state index in [1.807, 2.05) is 0 Å². The average molecular weight is 245 g/mol. The van der Waals surface area contributed by atoms with Gasteiger partial charge in [0, 0.05) is 11.1 Å². The van der Waals surface area contributed by atoms with Gasteiger partial charge >= 0.3 is 0 Å². The number of hydrogen-bond acceptors (Lipinski definition) is 4. The Hall–Kier alpha value is -2.70. The van der Waals surface area contributed by atoms with Crippen LogP contribution in [0.3, 0.4) is 0 Å². The van der Waals surface area contributed by atoms with Crippen LogP contribution in [0.1, 0.15) is 26.5 Å². The monoisotopic (exact) mass is 245 g/mol. The Morgan fingerprint density at radius 1 is 1.22 bits per heavy atom. The minimum absolute atomic E-state index is 0.205. The Morgan fingerprint density at radius 2 is 1.83 bits per heavy atom. The first kappa shape index (κ1) is 11.8. The molecule has 0 unspecified atom stereocenters. The minimum Gasteiger partial charge on any atom is -0.366 e. The lowest BCUT2D eigenvalue weighted by molar-refractivity contribution is 0.0995. The topological polar surface area (TPSA) is 114 Å². The molecule has 0 spiro atoms. The van der Waals surface area contributed by atoms with Crippen molar-refractivity contribution in [2.24, 2.45) is 5.73 Å². The third-order valence-corrected chi connectivity index (χ3v) is 2.25. The highest BCUT2D eigenvalue weighted by Gasteiger charge is 2.09. The maximum atomic E-state index is 11.8. The predicted octanol–water partition coefficient (Wildman–Crippen LogP) is 0.464. The van der Waals surface area contributed by atoms with Gasteiger partial charge in [0.15, 0.2) is 0 Å². The quantitative estimate of drug-likeness (QED) is 0.728. The molecule has 0 aliphatic heterocycles. The van der Waals surface area contributed by atoms with Gasteiger partial charge in [0.05, 0.1) is 0 Å². The van der Waals surface area contributed by atoms with E-state index in [4.69, 9.17) is 5.73 Å². The zero-order valence-electron chi connectivity index (χ0n) is 9.60. The van der Waals surface area contributed by atoms with Crippen molar-refractivity contribution in [2.45, 2.75) is 6.92 Å². The number of rotatable bonds is 3. The molecule has 2 aromatic rings. The van der Waals surface area contributed by atoms with Crippen molar-refractivity contribution in [3.8, 4) is 0 Å². The highest BCUT2D eigenvalue weighted by Crippen LogP contribution is 2.06. The van der Waals surface area contributed by atoms with Crippen molar-refractivity contribution >= 4 is 17.8 Å². The number of anilines is 1. The Kier molecular flexibility index (Phi) is 3.05. The second-order valence-electron chi connectivity index (χ2n) is 3.64. The first-order valence-electron chi connectivity index (χ1n) is 5.16. The van der Waals surface area contributed by atoms with Crippen LogP contribution in [0.2, 0.25) is 0 Å². The lowest BCUT2D eigenvalue weighted by Gasteiger charge is -2.01. The molecule has 0 atom stereocenters. The number of nitrogens with one attached hydrogen (secondary N) is 2. The van der Waals surface area contributed by atoms with Gasteiger partial charge in [-0.25, -0.2) is 0 Å². The number of amides is 2. The maximum absolute atomic E-state index is 11.8. The van der Waals surface area contributed by atoms with E-state index in [1.54, 1.807) is 6.92 Å². The van der Waals surface area contributed by atoms with Crippen molar-refractivity contribution in [1.29, 1.82) is 0 Å². The number of benzene rings is 1. The van der Waals surface area contributed by atoms with Crippen LogP contribution >= 0.6 is 0 Å². The van der Waals surface area contributed by atoms with Gasteiger partial charge in [-0.3, -0.25) is 20.0 Å². The van der Waals surface area contributed by atoms with E-state index in [0.717, 1.165) is 0 Å². The number of nitrogens with two attached hydrogens (primary N) is 1. The Morgan fingerprint density at radius 3 is 2.33 bits per heavy atom. The van der Waals surface area contributed by atoms with Crippen LogP contribution in [-0.4, -0.2) is 27.0 Å². The summed E-state index contributed by atoms with van der Waals surface area (Å²) in [6.45, 7) is 1.73. The van der Waals surface area contributed by atoms with E-state index in [2.05, 4.69) is 20.5 Å². The van der Waals surface area contributed by atoms with Crippen molar-refractivity contribution in [2.75, 3.05) is 5.32 Å². The second-order valence-corrected chi connectivity index (χ2v) is 3.64. The molecule has 1 aromatic heterocycles. The van der Waals surface area contributed by atoms with E-state index in [1.165, 1.54) is 24.3 Å². The minimum atomic E-state index is -0.536. The molecule has 1 heterocycles. The number of aromatic nitrogens is 3. The lowest BCUT2D eigenvalue weighted by atomic mass is 10.1. The molecule has 7 nitrogen and oxygen atoms in total. The molecule has 0 saturated heterocycles. The summed E-state index contributed by atoms with van der Waals surface area (Å²) in [7, 11) is 0. The van der Waals surface area contributed by atoms with Crippen LogP contribution in [0.15, 0.2) is 24.3 Å². The van der Waals surface area contributed by atoms with Gasteiger partial charge < -0.3 is 5.73 Å². The summed E-state index contributed by atoms with van der Waals surface area (Å²) >= 11 is 0. The molecule has 0 aliphatic carbocycles. The number of carbonyl (C=O) groups is 2. The van der Waals surface area contributed by atoms with Crippen LogP contribution in [0.4, 0.5) is 5.95 Å². The van der Waals surface area contributed by atoms with Gasteiger partial charge in [0.25, 0.3) is 5.91 Å². The summed E-state index contributed by atoms with van der Waals surface area (Å²) in [6, 6.07) is 5.99. The fourth-order valence-electron chi connectivity index (χ4n) is 1.36. The zero-order chi connectivity index (χ0) is 13.1. The van der Waals surface area contributed by atoms with Crippen LogP contribution < -0.4 is 11.1 Å². The van der Waals surface area contributed by atoms with E-state index in [9.17, 15) is 9.59 Å². The standard InChI is InChI=1S/C11H11N5O2/c1-6-13-11(16-15-6)14-10(18)8-4-2-7(3-5-8)9(12)17/h2-5H,1H3,(H2,12,17)(H2,13,14,15,16,18). The molecule has 0 bridgehead atoms. The Bertz CT molecular complexity index is 588. The molecule has 4 N–H and O–H groups in total. The van der Waals surface area contributed by atoms with Crippen molar-refractivity contribution < 1.29 is 9.59 Å². The summed E-state index contributed by atoms with van der Waals surface area (Å²) in [5, 5.41) is 8.92. The van der Waals surface area contributed by atoms with Crippen molar-refractivity contribution in [3.63, 3.8) is 0 Å². The largest absolute Gasteiger partial charge is 0.366 e. The van der Waals surface area contributed by atoms with Gasteiger partial charge in [-0.1, -0.05) is 0 Å². The first-order chi connectivity index (χ1) is 8.56. The van der Waals surface area contributed by atoms with Crippen LogP contribution in [0.5, 0.6) is 0 Å². The Labute approximate surface area is 102 Å². The molecule has 0 saturated carbocycles. The van der Waals surface area contributed by atoms with Crippen molar-refractivity contribution in [1.82, 2.24) is 15.2 Å².